The first-order valence-electron chi connectivity index (χ1n) is 10.8. The summed E-state index contributed by atoms with van der Waals surface area (Å²) in [6, 6.07) is 9.31. The predicted molar refractivity (Wildman–Crippen MR) is 117 cm³/mol. The van der Waals surface area contributed by atoms with Crippen molar-refractivity contribution in [2.75, 3.05) is 0 Å². The zero-order valence-corrected chi connectivity index (χ0v) is 19.0. The summed E-state index contributed by atoms with van der Waals surface area (Å²) in [7, 11) is 0. The molecule has 0 saturated carbocycles. The highest BCUT2D eigenvalue weighted by molar-refractivity contribution is 5.27. The minimum atomic E-state index is -4.40. The number of benzene rings is 2. The molecule has 36 heavy (non-hydrogen) atoms. The van der Waals surface area contributed by atoms with E-state index in [0.29, 0.717) is 17.3 Å². The molecule has 0 unspecified atom stereocenters. The smallest absolute Gasteiger partial charge is 0.380 e. The first kappa shape index (κ1) is 25.5. The Morgan fingerprint density at radius 1 is 1.03 bits per heavy atom. The van der Waals surface area contributed by atoms with Crippen molar-refractivity contribution in [1.82, 2.24) is 24.5 Å². The van der Waals surface area contributed by atoms with Crippen LogP contribution in [0.25, 0.3) is 0 Å². The molecular weight excluding hydrogens is 485 g/mol. The number of hydrogen-bond acceptors (Lipinski definition) is 5. The first-order chi connectivity index (χ1) is 17.0. The normalized spacial score (nSPS) is 14.5. The van der Waals surface area contributed by atoms with E-state index in [1.807, 2.05) is 0 Å². The zero-order valence-electron chi connectivity index (χ0n) is 19.0. The largest absolute Gasteiger partial charge is 0.416 e. The van der Waals surface area contributed by atoms with E-state index < -0.39 is 35.1 Å². The number of nitrogens with zero attached hydrogens (tertiary/aromatic N) is 5. The summed E-state index contributed by atoms with van der Waals surface area (Å²) in [6.07, 6.45) is -1.14. The maximum atomic E-state index is 14.6. The molecule has 0 aliphatic heterocycles. The van der Waals surface area contributed by atoms with Gasteiger partial charge in [-0.1, -0.05) is 18.2 Å². The lowest BCUT2D eigenvalue weighted by Gasteiger charge is -2.34. The molecule has 0 amide bonds. The lowest BCUT2D eigenvalue weighted by atomic mass is 9.88. The Morgan fingerprint density at radius 2 is 1.78 bits per heavy atom. The Morgan fingerprint density at radius 3 is 2.42 bits per heavy atom. The van der Waals surface area contributed by atoms with E-state index in [1.54, 1.807) is 19.2 Å². The van der Waals surface area contributed by atoms with Gasteiger partial charge in [0, 0.05) is 17.8 Å². The number of rotatable bonds is 9. The summed E-state index contributed by atoms with van der Waals surface area (Å²) < 4.78 is 75.0. The van der Waals surface area contributed by atoms with Crippen molar-refractivity contribution in [3.8, 4) is 0 Å². The number of alkyl halides is 3. The Hall–Kier alpha value is -3.64. The van der Waals surface area contributed by atoms with Crippen LogP contribution in [0.2, 0.25) is 0 Å². The third-order valence-corrected chi connectivity index (χ3v) is 5.74. The maximum absolute atomic E-state index is 14.6. The maximum Gasteiger partial charge on any atom is 0.416 e. The van der Waals surface area contributed by atoms with E-state index in [4.69, 9.17) is 4.74 Å². The molecule has 1 N–H and O–H groups in total. The van der Waals surface area contributed by atoms with Gasteiger partial charge in [0.05, 0.1) is 37.1 Å². The van der Waals surface area contributed by atoms with Gasteiger partial charge < -0.3 is 9.84 Å². The lowest BCUT2D eigenvalue weighted by molar-refractivity contribution is -0.137. The van der Waals surface area contributed by atoms with Crippen LogP contribution in [0.4, 0.5) is 22.0 Å². The van der Waals surface area contributed by atoms with Gasteiger partial charge in [-0.25, -0.2) is 18.4 Å². The highest BCUT2D eigenvalue weighted by Gasteiger charge is 2.40. The van der Waals surface area contributed by atoms with Crippen LogP contribution in [0.3, 0.4) is 0 Å². The van der Waals surface area contributed by atoms with Crippen LogP contribution in [-0.4, -0.2) is 35.8 Å². The quantitative estimate of drug-likeness (QED) is 0.342. The third kappa shape index (κ3) is 5.77. The fourth-order valence-corrected chi connectivity index (χ4v) is 3.74. The molecular formula is C24H22F5N5O2. The van der Waals surface area contributed by atoms with Crippen molar-refractivity contribution in [2.45, 2.75) is 44.5 Å². The van der Waals surface area contributed by atoms with Crippen LogP contribution in [0.5, 0.6) is 0 Å². The SMILES string of the molecule is C[C@@H](OCc1ccn(Cc2ccc(C(F)(F)F)cc2)n1)[C@](O)(Cn1cncn1)c1ccc(F)cc1F. The molecule has 0 bridgehead atoms. The van der Waals surface area contributed by atoms with E-state index in [2.05, 4.69) is 15.2 Å². The van der Waals surface area contributed by atoms with Crippen LogP contribution >= 0.6 is 0 Å². The van der Waals surface area contributed by atoms with Crippen LogP contribution in [0, 0.1) is 11.6 Å². The number of hydrogen-bond donors (Lipinski definition) is 1. The zero-order chi connectivity index (χ0) is 25.9. The fourth-order valence-electron chi connectivity index (χ4n) is 3.74. The molecule has 2 heterocycles. The van der Waals surface area contributed by atoms with Crippen LogP contribution in [0.1, 0.15) is 29.3 Å². The average Bonchev–Trinajstić information content (AvgIpc) is 3.49. The van der Waals surface area contributed by atoms with Crippen molar-refractivity contribution < 1.29 is 31.8 Å². The second kappa shape index (κ2) is 10.2. The summed E-state index contributed by atoms with van der Waals surface area (Å²) in [5, 5.41) is 19.8. The molecule has 4 rings (SSSR count). The molecule has 2 aromatic heterocycles. The van der Waals surface area contributed by atoms with Crippen LogP contribution < -0.4 is 0 Å². The predicted octanol–water partition coefficient (Wildman–Crippen LogP) is 4.31. The molecule has 2 atom stereocenters. The molecule has 2 aromatic carbocycles. The Bertz CT molecular complexity index is 1290. The highest BCUT2D eigenvalue weighted by atomic mass is 19.4. The van der Waals surface area contributed by atoms with Crippen LogP contribution in [0.15, 0.2) is 67.4 Å². The van der Waals surface area contributed by atoms with E-state index in [-0.39, 0.29) is 25.3 Å². The minimum Gasteiger partial charge on any atom is -0.380 e. The lowest BCUT2D eigenvalue weighted by Crippen LogP contribution is -2.44. The average molecular weight is 507 g/mol. The topological polar surface area (TPSA) is 78.0 Å². The summed E-state index contributed by atoms with van der Waals surface area (Å²) >= 11 is 0. The van der Waals surface area contributed by atoms with Gasteiger partial charge >= 0.3 is 6.18 Å². The molecule has 0 aliphatic rings. The van der Waals surface area contributed by atoms with Gasteiger partial charge in [0.2, 0.25) is 0 Å². The van der Waals surface area contributed by atoms with E-state index in [9.17, 15) is 27.1 Å². The van der Waals surface area contributed by atoms with Gasteiger partial charge in [-0.15, -0.1) is 0 Å². The molecule has 0 fully saturated rings. The van der Waals surface area contributed by atoms with Gasteiger partial charge in [-0.2, -0.15) is 23.4 Å². The molecule has 12 heteroatoms. The molecule has 4 aromatic rings. The molecule has 0 saturated heterocycles. The first-order valence-corrected chi connectivity index (χ1v) is 10.8. The highest BCUT2D eigenvalue weighted by Crippen LogP contribution is 2.32. The summed E-state index contributed by atoms with van der Waals surface area (Å²) in [5.41, 5.74) is -1.71. The van der Waals surface area contributed by atoms with Crippen LogP contribution in [-0.2, 0) is 36.2 Å². The number of aliphatic hydroxyl groups is 1. The Balaban J connectivity index is 1.45. The van der Waals surface area contributed by atoms with Gasteiger partial charge in [0.15, 0.2) is 0 Å². The molecule has 0 radical (unpaired) electrons. The summed E-state index contributed by atoms with van der Waals surface area (Å²) in [5.74, 6) is -1.72. The van der Waals surface area contributed by atoms with Crippen molar-refractivity contribution in [3.63, 3.8) is 0 Å². The summed E-state index contributed by atoms with van der Waals surface area (Å²) in [4.78, 5) is 3.82. The molecule has 7 nitrogen and oxygen atoms in total. The number of aromatic nitrogens is 5. The van der Waals surface area contributed by atoms with E-state index >= 15 is 0 Å². The monoisotopic (exact) mass is 507 g/mol. The Kier molecular flexibility index (Phi) is 7.18. The molecule has 0 aliphatic carbocycles. The molecule has 190 valence electrons. The van der Waals surface area contributed by atoms with Gasteiger partial charge in [0.1, 0.15) is 29.9 Å². The number of ether oxygens (including phenoxy) is 1. The second-order valence-corrected chi connectivity index (χ2v) is 8.29. The van der Waals surface area contributed by atoms with Gasteiger partial charge in [-0.05, 0) is 36.8 Å². The van der Waals surface area contributed by atoms with Gasteiger partial charge in [0.25, 0.3) is 0 Å². The standard InChI is InChI=1S/C24H22F5N5O2/c1-16(23(35,13-34-15-30-14-31-34)21-7-6-19(25)10-22(21)26)36-12-20-8-9-33(32-20)11-17-2-4-18(5-3-17)24(27,28)29/h2-10,14-16,35H,11-13H2,1H3/t16-,23-/m1/s1. The second-order valence-electron chi connectivity index (χ2n) is 8.29. The van der Waals surface area contributed by atoms with Crippen molar-refractivity contribution >= 4 is 0 Å². The van der Waals surface area contributed by atoms with Crippen molar-refractivity contribution in [3.05, 3.63) is 101 Å². The molecule has 0 spiro atoms. The van der Waals surface area contributed by atoms with Crippen molar-refractivity contribution in [2.24, 2.45) is 0 Å². The summed E-state index contributed by atoms with van der Waals surface area (Å²) in [6.45, 7) is 1.52. The van der Waals surface area contributed by atoms with Gasteiger partial charge in [-0.3, -0.25) is 4.68 Å². The number of halogens is 5. The third-order valence-electron chi connectivity index (χ3n) is 5.74. The fraction of sp³-hybridized carbons (Fsp3) is 0.292. The van der Waals surface area contributed by atoms with E-state index in [1.165, 1.54) is 34.2 Å². The minimum absolute atomic E-state index is 0.0519. The van der Waals surface area contributed by atoms with E-state index in [0.717, 1.165) is 24.3 Å². The Labute approximate surface area is 202 Å². The van der Waals surface area contributed by atoms with Crippen molar-refractivity contribution in [1.29, 1.82) is 0 Å².